The molecule has 3 N–H and O–H groups in total. The number of nitrogen functional groups attached to an aromatic ring is 1. The first-order valence-electron chi connectivity index (χ1n) is 6.39. The predicted molar refractivity (Wildman–Crippen MR) is 73.6 cm³/mol. The Hall–Kier alpha value is -2.24. The largest absolute Gasteiger partial charge is 0.486 e. The van der Waals surface area contributed by atoms with Gasteiger partial charge in [0.25, 0.3) is 0 Å². The minimum absolute atomic E-state index is 0.371. The zero-order valence-corrected chi connectivity index (χ0v) is 11.4. The highest BCUT2D eigenvalue weighted by molar-refractivity contribution is 5.74. The number of benzene rings is 1. The SMILES string of the molecule is CC(C)(F)c1cc2c(c(-c3cc(N)n[nH]3)c1)OCCO2. The number of nitrogens with zero attached hydrogens (tertiary/aromatic N) is 1. The van der Waals surface area contributed by atoms with E-state index >= 15 is 0 Å². The molecule has 5 nitrogen and oxygen atoms in total. The minimum atomic E-state index is -1.48. The molecule has 0 atom stereocenters. The highest BCUT2D eigenvalue weighted by Crippen LogP contribution is 2.43. The van der Waals surface area contributed by atoms with E-state index in [9.17, 15) is 4.39 Å². The van der Waals surface area contributed by atoms with Gasteiger partial charge in [-0.15, -0.1) is 0 Å². The summed E-state index contributed by atoms with van der Waals surface area (Å²) in [7, 11) is 0. The Balaban J connectivity index is 2.20. The van der Waals surface area contributed by atoms with E-state index in [0.717, 1.165) is 0 Å². The summed E-state index contributed by atoms with van der Waals surface area (Å²) in [6.07, 6.45) is 0. The summed E-state index contributed by atoms with van der Waals surface area (Å²) < 4.78 is 25.5. The standard InChI is InChI=1S/C14H16FN3O2/c1-14(2,15)8-5-9(10-7-12(16)18-17-10)13-11(6-8)19-3-4-20-13/h5-7H,3-4H2,1-2H3,(H3,16,17,18). The van der Waals surface area contributed by atoms with Crippen molar-refractivity contribution >= 4 is 5.82 Å². The number of alkyl halides is 1. The summed E-state index contributed by atoms with van der Waals surface area (Å²) in [5.74, 6) is 1.51. The van der Waals surface area contributed by atoms with Gasteiger partial charge in [0.1, 0.15) is 24.7 Å². The Morgan fingerprint density at radius 1 is 1.25 bits per heavy atom. The molecule has 0 aliphatic carbocycles. The van der Waals surface area contributed by atoms with Crippen molar-refractivity contribution < 1.29 is 13.9 Å². The van der Waals surface area contributed by atoms with Gasteiger partial charge in [-0.25, -0.2) is 4.39 Å². The number of aromatic amines is 1. The second-order valence-electron chi connectivity index (χ2n) is 5.23. The topological polar surface area (TPSA) is 73.2 Å². The van der Waals surface area contributed by atoms with Gasteiger partial charge in [-0.3, -0.25) is 5.10 Å². The molecular weight excluding hydrogens is 261 g/mol. The van der Waals surface area contributed by atoms with Gasteiger partial charge in [-0.1, -0.05) is 0 Å². The van der Waals surface area contributed by atoms with Crippen molar-refractivity contribution in [1.82, 2.24) is 10.2 Å². The van der Waals surface area contributed by atoms with Crippen molar-refractivity contribution in [2.75, 3.05) is 18.9 Å². The lowest BCUT2D eigenvalue weighted by Crippen LogP contribution is -2.18. The van der Waals surface area contributed by atoms with E-state index in [2.05, 4.69) is 10.2 Å². The summed E-state index contributed by atoms with van der Waals surface area (Å²) in [5.41, 5.74) is 6.05. The molecule has 0 radical (unpaired) electrons. The zero-order valence-electron chi connectivity index (χ0n) is 11.4. The molecule has 0 spiro atoms. The Labute approximate surface area is 115 Å². The third-order valence-corrected chi connectivity index (χ3v) is 3.22. The number of ether oxygens (including phenoxy) is 2. The molecule has 0 bridgehead atoms. The van der Waals surface area contributed by atoms with Gasteiger partial charge in [0, 0.05) is 11.6 Å². The number of nitrogens with two attached hydrogens (primary N) is 1. The van der Waals surface area contributed by atoms with Crippen LogP contribution >= 0.6 is 0 Å². The molecule has 1 aliphatic rings. The second-order valence-corrected chi connectivity index (χ2v) is 5.23. The minimum Gasteiger partial charge on any atom is -0.486 e. The lowest BCUT2D eigenvalue weighted by molar-refractivity contribution is 0.170. The number of nitrogens with one attached hydrogen (secondary N) is 1. The molecular formula is C14H16FN3O2. The maximum Gasteiger partial charge on any atom is 0.170 e. The number of anilines is 1. The quantitative estimate of drug-likeness (QED) is 0.885. The van der Waals surface area contributed by atoms with Crippen molar-refractivity contribution in [3.05, 3.63) is 23.8 Å². The number of hydrogen-bond donors (Lipinski definition) is 2. The van der Waals surface area contributed by atoms with Crippen LogP contribution in [0.4, 0.5) is 10.2 Å². The fraction of sp³-hybridized carbons (Fsp3) is 0.357. The number of aromatic nitrogens is 2. The van der Waals surface area contributed by atoms with E-state index in [4.69, 9.17) is 15.2 Å². The number of H-pyrrole nitrogens is 1. The van der Waals surface area contributed by atoms with Crippen molar-refractivity contribution in [3.8, 4) is 22.8 Å². The molecule has 0 saturated carbocycles. The molecule has 0 amide bonds. The van der Waals surface area contributed by atoms with E-state index in [0.29, 0.717) is 47.4 Å². The fourth-order valence-electron chi connectivity index (χ4n) is 2.17. The highest BCUT2D eigenvalue weighted by atomic mass is 19.1. The van der Waals surface area contributed by atoms with E-state index in [1.807, 2.05) is 0 Å². The van der Waals surface area contributed by atoms with Crippen LogP contribution in [0.3, 0.4) is 0 Å². The molecule has 20 heavy (non-hydrogen) atoms. The smallest absolute Gasteiger partial charge is 0.170 e. The Morgan fingerprint density at radius 3 is 2.65 bits per heavy atom. The third-order valence-electron chi connectivity index (χ3n) is 3.22. The fourth-order valence-corrected chi connectivity index (χ4v) is 2.17. The maximum absolute atomic E-state index is 14.2. The maximum atomic E-state index is 14.2. The van der Waals surface area contributed by atoms with Crippen LogP contribution in [0.25, 0.3) is 11.3 Å². The van der Waals surface area contributed by atoms with E-state index in [1.165, 1.54) is 13.8 Å². The molecule has 0 saturated heterocycles. The molecule has 0 unspecified atom stereocenters. The van der Waals surface area contributed by atoms with Crippen LogP contribution in [0.2, 0.25) is 0 Å². The molecule has 1 aromatic heterocycles. The lowest BCUT2D eigenvalue weighted by Gasteiger charge is -2.24. The number of halogens is 1. The molecule has 0 fully saturated rings. The van der Waals surface area contributed by atoms with Gasteiger partial charge in [0.05, 0.1) is 5.69 Å². The summed E-state index contributed by atoms with van der Waals surface area (Å²) >= 11 is 0. The van der Waals surface area contributed by atoms with Crippen LogP contribution in [-0.4, -0.2) is 23.4 Å². The van der Waals surface area contributed by atoms with Crippen LogP contribution < -0.4 is 15.2 Å². The summed E-state index contributed by atoms with van der Waals surface area (Å²) in [4.78, 5) is 0. The van der Waals surface area contributed by atoms with Gasteiger partial charge in [0.2, 0.25) is 0 Å². The number of fused-ring (bicyclic) bond motifs is 1. The Morgan fingerprint density at radius 2 is 2.00 bits per heavy atom. The summed E-state index contributed by atoms with van der Waals surface area (Å²) in [6, 6.07) is 5.10. The van der Waals surface area contributed by atoms with Crippen LogP contribution in [-0.2, 0) is 5.67 Å². The first-order valence-corrected chi connectivity index (χ1v) is 6.39. The van der Waals surface area contributed by atoms with Crippen LogP contribution in [0.1, 0.15) is 19.4 Å². The van der Waals surface area contributed by atoms with Gasteiger partial charge in [0.15, 0.2) is 11.5 Å². The van der Waals surface area contributed by atoms with Crippen molar-refractivity contribution in [3.63, 3.8) is 0 Å². The number of rotatable bonds is 2. The van der Waals surface area contributed by atoms with Crippen molar-refractivity contribution in [1.29, 1.82) is 0 Å². The molecule has 6 heteroatoms. The number of hydrogen-bond acceptors (Lipinski definition) is 4. The molecule has 2 aromatic rings. The van der Waals surface area contributed by atoms with Crippen LogP contribution in [0.5, 0.6) is 11.5 Å². The second kappa shape index (κ2) is 4.40. The van der Waals surface area contributed by atoms with Crippen molar-refractivity contribution in [2.24, 2.45) is 0 Å². The zero-order chi connectivity index (χ0) is 14.3. The lowest BCUT2D eigenvalue weighted by atomic mass is 9.95. The predicted octanol–water partition coefficient (Wildman–Crippen LogP) is 2.63. The van der Waals surface area contributed by atoms with E-state index in [1.54, 1.807) is 18.2 Å². The first-order chi connectivity index (χ1) is 9.45. The van der Waals surface area contributed by atoms with Gasteiger partial charge in [-0.2, -0.15) is 5.10 Å². The molecule has 106 valence electrons. The first kappa shape index (κ1) is 12.8. The monoisotopic (exact) mass is 277 g/mol. The van der Waals surface area contributed by atoms with Crippen LogP contribution in [0, 0.1) is 0 Å². The normalized spacial score (nSPS) is 14.3. The summed E-state index contributed by atoms with van der Waals surface area (Å²) in [5, 5.41) is 6.71. The molecule has 3 rings (SSSR count). The Bertz CT molecular complexity index is 646. The van der Waals surface area contributed by atoms with Crippen LogP contribution in [0.15, 0.2) is 18.2 Å². The average molecular weight is 277 g/mol. The van der Waals surface area contributed by atoms with Gasteiger partial charge >= 0.3 is 0 Å². The third kappa shape index (κ3) is 2.17. The van der Waals surface area contributed by atoms with Crippen molar-refractivity contribution in [2.45, 2.75) is 19.5 Å². The average Bonchev–Trinajstić information content (AvgIpc) is 2.83. The molecule has 1 aliphatic heterocycles. The molecule has 1 aromatic carbocycles. The Kier molecular flexibility index (Phi) is 2.81. The molecule has 2 heterocycles. The van der Waals surface area contributed by atoms with E-state index < -0.39 is 5.67 Å². The van der Waals surface area contributed by atoms with Gasteiger partial charge in [-0.05, 0) is 31.5 Å². The van der Waals surface area contributed by atoms with Gasteiger partial charge < -0.3 is 15.2 Å². The highest BCUT2D eigenvalue weighted by Gasteiger charge is 2.26. The summed E-state index contributed by atoms with van der Waals surface area (Å²) in [6.45, 7) is 3.92. The van der Waals surface area contributed by atoms with E-state index in [-0.39, 0.29) is 0 Å².